The quantitative estimate of drug-likeness (QED) is 0.209. The number of halogens is 2. The van der Waals surface area contributed by atoms with Gasteiger partial charge in [0.25, 0.3) is 5.91 Å². The minimum atomic E-state index is -2.69. The van der Waals surface area contributed by atoms with Crippen molar-refractivity contribution < 1.29 is 39.2 Å². The number of fused-ring (bicyclic) bond motifs is 4. The maximum atomic E-state index is 13.9. The normalized spacial score (nSPS) is 26.7. The first-order valence-corrected chi connectivity index (χ1v) is 13.7. The zero-order chi connectivity index (χ0) is 30.0. The first-order chi connectivity index (χ1) is 19.3. The van der Waals surface area contributed by atoms with Crippen LogP contribution in [0.1, 0.15) is 27.9 Å². The molecule has 218 valence electrons. The van der Waals surface area contributed by atoms with Crippen LogP contribution in [0.5, 0.6) is 5.75 Å². The molecule has 0 aromatic heterocycles. The van der Waals surface area contributed by atoms with E-state index in [0.29, 0.717) is 16.3 Å². The Hall–Kier alpha value is -3.51. The topological polar surface area (TPSA) is 173 Å². The van der Waals surface area contributed by atoms with Gasteiger partial charge in [-0.1, -0.05) is 18.2 Å². The Morgan fingerprint density at radius 2 is 1.95 bits per heavy atom. The van der Waals surface area contributed by atoms with E-state index in [2.05, 4.69) is 5.32 Å². The van der Waals surface area contributed by atoms with E-state index in [-0.39, 0.29) is 48.7 Å². The van der Waals surface area contributed by atoms with E-state index in [9.17, 15) is 39.2 Å². The first-order valence-electron chi connectivity index (χ1n) is 13.2. The number of phenols is 1. The number of primary amides is 1. The van der Waals surface area contributed by atoms with E-state index in [0.717, 1.165) is 5.56 Å². The van der Waals surface area contributed by atoms with Crippen LogP contribution in [0.3, 0.4) is 0 Å². The van der Waals surface area contributed by atoms with E-state index in [1.165, 1.54) is 4.90 Å². The number of amides is 1. The molecule has 12 heteroatoms. The molecule has 2 aromatic rings. The van der Waals surface area contributed by atoms with Crippen molar-refractivity contribution >= 4 is 39.8 Å². The number of nitrogens with two attached hydrogens (primary N) is 1. The SMILES string of the molecule is CN(C)[C@@H]1C(O)=C(C(N)=O)C(=O)[C@@]2(O)C(O)=C3C(=O)c4c(cc5ccc(CNCC(F)CCl)cc5c4O)C[C@H]3C[C@@H]12. The fraction of sp³-hybridized carbons (Fsp3) is 0.414. The molecule has 0 aliphatic heterocycles. The molecule has 3 aliphatic carbocycles. The second-order valence-corrected chi connectivity index (χ2v) is 11.5. The van der Waals surface area contributed by atoms with E-state index < -0.39 is 64.2 Å². The number of alkyl halides is 2. The van der Waals surface area contributed by atoms with Crippen LogP contribution >= 0.6 is 11.6 Å². The summed E-state index contributed by atoms with van der Waals surface area (Å²) in [4.78, 5) is 40.9. The molecule has 3 aliphatic rings. The summed E-state index contributed by atoms with van der Waals surface area (Å²) in [5.74, 6) is -7.01. The van der Waals surface area contributed by atoms with Crippen molar-refractivity contribution in [2.24, 2.45) is 17.6 Å². The third-order valence-corrected chi connectivity index (χ3v) is 8.79. The summed E-state index contributed by atoms with van der Waals surface area (Å²) in [5.41, 5.74) is 2.80. The van der Waals surface area contributed by atoms with Gasteiger partial charge in [0.2, 0.25) is 5.78 Å². The smallest absolute Gasteiger partial charge is 0.255 e. The molecule has 0 spiro atoms. The van der Waals surface area contributed by atoms with Gasteiger partial charge in [0.05, 0.1) is 17.5 Å². The molecule has 41 heavy (non-hydrogen) atoms. The lowest BCUT2D eigenvalue weighted by molar-refractivity contribution is -0.148. The number of carbonyl (C=O) groups excluding carboxylic acids is 3. The van der Waals surface area contributed by atoms with Crippen molar-refractivity contribution in [3.8, 4) is 5.75 Å². The number of carbonyl (C=O) groups is 3. The molecule has 2 aromatic carbocycles. The van der Waals surface area contributed by atoms with Crippen LogP contribution in [-0.4, -0.2) is 87.1 Å². The molecule has 5 atom stereocenters. The molecular formula is C29H31ClFN3O7. The summed E-state index contributed by atoms with van der Waals surface area (Å²) in [6, 6.07) is 6.00. The number of allylic oxidation sites excluding steroid dienone is 1. The van der Waals surface area contributed by atoms with Gasteiger partial charge in [-0.2, -0.15) is 0 Å². The number of hydrogen-bond donors (Lipinski definition) is 6. The lowest BCUT2D eigenvalue weighted by atomic mass is 9.58. The Morgan fingerprint density at radius 1 is 1.24 bits per heavy atom. The van der Waals surface area contributed by atoms with E-state index in [1.807, 2.05) is 6.07 Å². The molecular weight excluding hydrogens is 557 g/mol. The zero-order valence-electron chi connectivity index (χ0n) is 22.4. The van der Waals surface area contributed by atoms with Crippen LogP contribution in [0.4, 0.5) is 4.39 Å². The number of likely N-dealkylation sites (N-methyl/N-ethyl adjacent to an activating group) is 1. The molecule has 0 heterocycles. The Balaban J connectivity index is 1.60. The molecule has 1 unspecified atom stereocenters. The van der Waals surface area contributed by atoms with Crippen LogP contribution in [0.25, 0.3) is 10.8 Å². The van der Waals surface area contributed by atoms with Crippen LogP contribution in [0, 0.1) is 11.8 Å². The van der Waals surface area contributed by atoms with Gasteiger partial charge in [-0.15, -0.1) is 11.6 Å². The molecule has 0 saturated carbocycles. The van der Waals surface area contributed by atoms with Gasteiger partial charge in [-0.05, 0) is 55.4 Å². The van der Waals surface area contributed by atoms with Gasteiger partial charge in [0.1, 0.15) is 29.0 Å². The third kappa shape index (κ3) is 4.39. The predicted octanol–water partition coefficient (Wildman–Crippen LogP) is 1.94. The minimum Gasteiger partial charge on any atom is -0.510 e. The first kappa shape index (κ1) is 29.0. The number of Topliss-reactive ketones (excluding diaryl/α,β-unsaturated/α-hetero) is 2. The summed E-state index contributed by atoms with van der Waals surface area (Å²) in [6.07, 6.45) is -0.985. The molecule has 0 bridgehead atoms. The number of benzene rings is 2. The number of rotatable bonds is 7. The highest BCUT2D eigenvalue weighted by molar-refractivity contribution is 6.25. The summed E-state index contributed by atoms with van der Waals surface area (Å²) in [5, 5.41) is 49.2. The van der Waals surface area contributed by atoms with Crippen molar-refractivity contribution in [1.29, 1.82) is 0 Å². The number of aromatic hydroxyl groups is 1. The van der Waals surface area contributed by atoms with Crippen molar-refractivity contribution in [1.82, 2.24) is 10.2 Å². The van der Waals surface area contributed by atoms with Gasteiger partial charge in [-0.3, -0.25) is 19.3 Å². The third-order valence-electron chi connectivity index (χ3n) is 8.45. The van der Waals surface area contributed by atoms with Gasteiger partial charge in [-0.25, -0.2) is 4.39 Å². The number of hydrogen-bond acceptors (Lipinski definition) is 9. The summed E-state index contributed by atoms with van der Waals surface area (Å²) in [6.45, 7) is 0.338. The highest BCUT2D eigenvalue weighted by Gasteiger charge is 2.63. The van der Waals surface area contributed by atoms with Gasteiger partial charge < -0.3 is 31.5 Å². The summed E-state index contributed by atoms with van der Waals surface area (Å²) < 4.78 is 13.5. The Bertz CT molecular complexity index is 1550. The van der Waals surface area contributed by atoms with Gasteiger partial charge >= 0.3 is 0 Å². The second kappa shape index (κ2) is 10.4. The van der Waals surface area contributed by atoms with Crippen LogP contribution in [0.15, 0.2) is 46.9 Å². The van der Waals surface area contributed by atoms with Crippen LogP contribution < -0.4 is 11.1 Å². The average Bonchev–Trinajstić information content (AvgIpc) is 2.90. The Morgan fingerprint density at radius 3 is 2.59 bits per heavy atom. The average molecular weight is 588 g/mol. The Kier molecular flexibility index (Phi) is 7.35. The molecule has 0 radical (unpaired) electrons. The van der Waals surface area contributed by atoms with Crippen molar-refractivity contribution in [2.45, 2.75) is 37.2 Å². The maximum Gasteiger partial charge on any atom is 0.255 e. The summed E-state index contributed by atoms with van der Waals surface area (Å²) >= 11 is 5.50. The molecule has 0 saturated heterocycles. The highest BCUT2D eigenvalue weighted by atomic mass is 35.5. The lowest BCUT2D eigenvalue weighted by Gasteiger charge is -2.50. The predicted molar refractivity (Wildman–Crippen MR) is 149 cm³/mol. The van der Waals surface area contributed by atoms with Crippen molar-refractivity contribution in [2.75, 3.05) is 26.5 Å². The minimum absolute atomic E-state index is 0.0209. The fourth-order valence-corrected chi connectivity index (χ4v) is 6.71. The molecule has 0 fully saturated rings. The molecule has 7 N–H and O–H groups in total. The lowest BCUT2D eigenvalue weighted by Crippen LogP contribution is -2.63. The standard InChI is InChI=1S/C29H31ClFN3O7/c1-34(2)22-18-8-15-7-14-6-13-4-3-12(10-33-11-16(31)9-30)5-17(13)23(35)19(14)24(36)20(15)26(38)29(18,41)27(39)21(25(22)37)28(32)40/h3-6,15-16,18,22,33,35,37-38,41H,7-11H2,1-2H3,(H2,32,40)/t15-,16?,18-,22-,29-/m0/s1. The van der Waals surface area contributed by atoms with Crippen LogP contribution in [0.2, 0.25) is 0 Å². The highest BCUT2D eigenvalue weighted by Crippen LogP contribution is 2.52. The number of phenolic OH excluding ortho intramolecular Hbond substituents is 1. The number of nitrogens with zero attached hydrogens (tertiary/aromatic N) is 1. The maximum absolute atomic E-state index is 13.9. The monoisotopic (exact) mass is 587 g/mol. The Labute approximate surface area is 239 Å². The molecule has 5 rings (SSSR count). The number of aliphatic hydroxyl groups excluding tert-OH is 2. The van der Waals surface area contributed by atoms with Crippen molar-refractivity contribution in [3.63, 3.8) is 0 Å². The summed E-state index contributed by atoms with van der Waals surface area (Å²) in [7, 11) is 3.16. The molecule has 1 amide bonds. The largest absolute Gasteiger partial charge is 0.510 e. The van der Waals surface area contributed by atoms with Crippen LogP contribution in [-0.2, 0) is 22.6 Å². The number of aliphatic hydroxyl groups is 3. The second-order valence-electron chi connectivity index (χ2n) is 11.2. The van der Waals surface area contributed by atoms with E-state index >= 15 is 0 Å². The zero-order valence-corrected chi connectivity index (χ0v) is 23.2. The van der Waals surface area contributed by atoms with Crippen molar-refractivity contribution in [3.05, 3.63) is 63.6 Å². The number of nitrogens with one attached hydrogen (secondary N) is 1. The van der Waals surface area contributed by atoms with E-state index in [4.69, 9.17) is 17.3 Å². The van der Waals surface area contributed by atoms with Gasteiger partial charge in [0.15, 0.2) is 11.4 Å². The van der Waals surface area contributed by atoms with Gasteiger partial charge in [0, 0.05) is 30.0 Å². The fourth-order valence-electron chi connectivity index (χ4n) is 6.60. The van der Waals surface area contributed by atoms with E-state index in [1.54, 1.807) is 32.3 Å². The number of ketones is 2. The molecule has 10 nitrogen and oxygen atoms in total.